The summed E-state index contributed by atoms with van der Waals surface area (Å²) < 4.78 is 5.23. The SMILES string of the molecule is O=C(c1ccccc1Cl)C1CCOCC1. The van der Waals surface area contributed by atoms with Crippen LogP contribution in [0.5, 0.6) is 0 Å². The molecule has 2 rings (SSSR count). The Hall–Kier alpha value is -0.860. The van der Waals surface area contributed by atoms with Gasteiger partial charge in [0.05, 0.1) is 5.02 Å². The minimum Gasteiger partial charge on any atom is -0.381 e. The molecular weight excluding hydrogens is 212 g/mol. The van der Waals surface area contributed by atoms with E-state index in [9.17, 15) is 4.79 Å². The number of carbonyl (C=O) groups is 1. The van der Waals surface area contributed by atoms with E-state index in [4.69, 9.17) is 16.3 Å². The van der Waals surface area contributed by atoms with E-state index in [0.717, 1.165) is 12.8 Å². The lowest BCUT2D eigenvalue weighted by atomic mass is 9.91. The molecule has 1 heterocycles. The molecule has 0 unspecified atom stereocenters. The van der Waals surface area contributed by atoms with Gasteiger partial charge in [-0.15, -0.1) is 0 Å². The number of Topliss-reactive ketones (excluding diaryl/α,β-unsaturated/α-hetero) is 1. The molecule has 0 bridgehead atoms. The number of ketones is 1. The zero-order valence-electron chi connectivity index (χ0n) is 8.41. The van der Waals surface area contributed by atoms with Crippen LogP contribution < -0.4 is 0 Å². The van der Waals surface area contributed by atoms with Gasteiger partial charge in [-0.05, 0) is 25.0 Å². The van der Waals surface area contributed by atoms with Crippen LogP contribution in [-0.4, -0.2) is 19.0 Å². The second-order valence-corrected chi connectivity index (χ2v) is 4.14. The average Bonchev–Trinajstić information content (AvgIpc) is 2.30. The molecule has 0 saturated carbocycles. The molecule has 0 aliphatic carbocycles. The Morgan fingerprint density at radius 3 is 2.60 bits per heavy atom. The average molecular weight is 225 g/mol. The molecule has 1 saturated heterocycles. The van der Waals surface area contributed by atoms with Crippen molar-refractivity contribution in [2.24, 2.45) is 5.92 Å². The van der Waals surface area contributed by atoms with Gasteiger partial charge in [-0.2, -0.15) is 0 Å². The molecule has 80 valence electrons. The number of rotatable bonds is 2. The van der Waals surface area contributed by atoms with Crippen LogP contribution in [0.2, 0.25) is 5.02 Å². The molecule has 1 aromatic carbocycles. The largest absolute Gasteiger partial charge is 0.381 e. The van der Waals surface area contributed by atoms with Crippen molar-refractivity contribution < 1.29 is 9.53 Å². The Bertz CT molecular complexity index is 356. The quantitative estimate of drug-likeness (QED) is 0.722. The third-order valence-corrected chi connectivity index (χ3v) is 3.06. The number of hydrogen-bond acceptors (Lipinski definition) is 2. The zero-order valence-corrected chi connectivity index (χ0v) is 9.17. The third-order valence-electron chi connectivity index (χ3n) is 2.73. The third kappa shape index (κ3) is 2.39. The maximum Gasteiger partial charge on any atom is 0.167 e. The fraction of sp³-hybridized carbons (Fsp3) is 0.417. The van der Waals surface area contributed by atoms with Crippen molar-refractivity contribution in [1.29, 1.82) is 0 Å². The lowest BCUT2D eigenvalue weighted by Gasteiger charge is -2.21. The molecule has 0 N–H and O–H groups in total. The lowest BCUT2D eigenvalue weighted by Crippen LogP contribution is -2.23. The monoisotopic (exact) mass is 224 g/mol. The molecule has 0 amide bonds. The highest BCUT2D eigenvalue weighted by atomic mass is 35.5. The second kappa shape index (κ2) is 4.77. The normalized spacial score (nSPS) is 17.7. The van der Waals surface area contributed by atoms with E-state index in [1.807, 2.05) is 12.1 Å². The molecule has 0 aromatic heterocycles. The summed E-state index contributed by atoms with van der Waals surface area (Å²) in [7, 11) is 0. The summed E-state index contributed by atoms with van der Waals surface area (Å²) in [5.74, 6) is 0.238. The topological polar surface area (TPSA) is 26.3 Å². The number of hydrogen-bond donors (Lipinski definition) is 0. The van der Waals surface area contributed by atoms with E-state index in [2.05, 4.69) is 0 Å². The van der Waals surface area contributed by atoms with Gasteiger partial charge in [0.25, 0.3) is 0 Å². The van der Waals surface area contributed by atoms with Crippen LogP contribution in [0.25, 0.3) is 0 Å². The standard InChI is InChI=1S/C12H13ClO2/c13-11-4-2-1-3-10(11)12(14)9-5-7-15-8-6-9/h1-4,9H,5-8H2. The Morgan fingerprint density at radius 1 is 1.27 bits per heavy atom. The second-order valence-electron chi connectivity index (χ2n) is 3.73. The molecule has 3 heteroatoms. The molecule has 0 spiro atoms. The number of halogens is 1. The Balaban J connectivity index is 2.16. The van der Waals surface area contributed by atoms with Gasteiger partial charge in [0.1, 0.15) is 0 Å². The minimum absolute atomic E-state index is 0.0821. The summed E-state index contributed by atoms with van der Waals surface area (Å²) in [6.45, 7) is 1.36. The summed E-state index contributed by atoms with van der Waals surface area (Å²) >= 11 is 5.99. The van der Waals surface area contributed by atoms with Crippen LogP contribution in [-0.2, 0) is 4.74 Å². The van der Waals surface area contributed by atoms with Gasteiger partial charge in [0.15, 0.2) is 5.78 Å². The summed E-state index contributed by atoms with van der Waals surface area (Å²) in [5, 5.41) is 0.550. The fourth-order valence-electron chi connectivity index (χ4n) is 1.84. The van der Waals surface area contributed by atoms with Crippen molar-refractivity contribution in [3.8, 4) is 0 Å². The van der Waals surface area contributed by atoms with Crippen LogP contribution >= 0.6 is 11.6 Å². The fourth-order valence-corrected chi connectivity index (χ4v) is 2.07. The van der Waals surface area contributed by atoms with Crippen molar-refractivity contribution in [3.05, 3.63) is 34.9 Å². The summed E-state index contributed by atoms with van der Waals surface area (Å²) in [6.07, 6.45) is 1.62. The summed E-state index contributed by atoms with van der Waals surface area (Å²) in [4.78, 5) is 12.1. The molecule has 1 aromatic rings. The van der Waals surface area contributed by atoms with E-state index >= 15 is 0 Å². The highest BCUT2D eigenvalue weighted by Crippen LogP contribution is 2.24. The van der Waals surface area contributed by atoms with Crippen LogP contribution in [0.1, 0.15) is 23.2 Å². The summed E-state index contributed by atoms with van der Waals surface area (Å²) in [6, 6.07) is 7.23. The van der Waals surface area contributed by atoms with Gasteiger partial charge in [-0.3, -0.25) is 4.79 Å². The predicted molar refractivity (Wildman–Crippen MR) is 59.3 cm³/mol. The summed E-state index contributed by atoms with van der Waals surface area (Å²) in [5.41, 5.74) is 0.645. The van der Waals surface area contributed by atoms with Gasteiger partial charge in [-0.25, -0.2) is 0 Å². The minimum atomic E-state index is 0.0821. The maximum absolute atomic E-state index is 12.1. The maximum atomic E-state index is 12.1. The number of carbonyl (C=O) groups excluding carboxylic acids is 1. The molecule has 15 heavy (non-hydrogen) atoms. The van der Waals surface area contributed by atoms with E-state index in [1.54, 1.807) is 12.1 Å². The Kier molecular flexibility index (Phi) is 3.39. The van der Waals surface area contributed by atoms with Crippen molar-refractivity contribution in [2.45, 2.75) is 12.8 Å². The van der Waals surface area contributed by atoms with Gasteiger partial charge >= 0.3 is 0 Å². The van der Waals surface area contributed by atoms with E-state index in [-0.39, 0.29) is 11.7 Å². The molecular formula is C12H13ClO2. The molecule has 1 aliphatic heterocycles. The van der Waals surface area contributed by atoms with E-state index in [0.29, 0.717) is 23.8 Å². The Morgan fingerprint density at radius 2 is 1.93 bits per heavy atom. The van der Waals surface area contributed by atoms with Crippen LogP contribution in [0.4, 0.5) is 0 Å². The Labute approximate surface area is 94.2 Å². The van der Waals surface area contributed by atoms with E-state index < -0.39 is 0 Å². The first-order valence-corrected chi connectivity index (χ1v) is 5.53. The smallest absolute Gasteiger partial charge is 0.167 e. The highest BCUT2D eigenvalue weighted by molar-refractivity contribution is 6.34. The first-order valence-electron chi connectivity index (χ1n) is 5.15. The molecule has 0 atom stereocenters. The lowest BCUT2D eigenvalue weighted by molar-refractivity contribution is 0.0545. The van der Waals surface area contributed by atoms with Gasteiger partial charge in [-0.1, -0.05) is 23.7 Å². The van der Waals surface area contributed by atoms with Crippen LogP contribution in [0.15, 0.2) is 24.3 Å². The number of benzene rings is 1. The van der Waals surface area contributed by atoms with Crippen molar-refractivity contribution in [2.75, 3.05) is 13.2 Å². The van der Waals surface area contributed by atoms with Gasteiger partial charge in [0.2, 0.25) is 0 Å². The predicted octanol–water partition coefficient (Wildman–Crippen LogP) is 2.95. The molecule has 2 nitrogen and oxygen atoms in total. The zero-order chi connectivity index (χ0) is 10.7. The molecule has 0 radical (unpaired) electrons. The van der Waals surface area contributed by atoms with Crippen LogP contribution in [0.3, 0.4) is 0 Å². The van der Waals surface area contributed by atoms with Crippen molar-refractivity contribution in [3.63, 3.8) is 0 Å². The number of ether oxygens (including phenoxy) is 1. The highest BCUT2D eigenvalue weighted by Gasteiger charge is 2.23. The van der Waals surface area contributed by atoms with E-state index in [1.165, 1.54) is 0 Å². The van der Waals surface area contributed by atoms with Crippen molar-refractivity contribution >= 4 is 17.4 Å². The van der Waals surface area contributed by atoms with Crippen molar-refractivity contribution in [1.82, 2.24) is 0 Å². The molecule has 1 aliphatic rings. The van der Waals surface area contributed by atoms with Gasteiger partial charge in [0, 0.05) is 24.7 Å². The first kappa shape index (κ1) is 10.7. The van der Waals surface area contributed by atoms with Gasteiger partial charge < -0.3 is 4.74 Å². The van der Waals surface area contributed by atoms with Crippen LogP contribution in [0, 0.1) is 5.92 Å². The first-order chi connectivity index (χ1) is 7.29. The molecule has 1 fully saturated rings.